The molecule has 1 aromatic heterocycles. The molecule has 6 nitrogen and oxygen atoms in total. The highest BCUT2D eigenvalue weighted by molar-refractivity contribution is 7.91. The Morgan fingerprint density at radius 2 is 1.92 bits per heavy atom. The summed E-state index contributed by atoms with van der Waals surface area (Å²) in [4.78, 5) is 0. The molecule has 25 heavy (non-hydrogen) atoms. The highest BCUT2D eigenvalue weighted by Gasteiger charge is 2.27. The van der Waals surface area contributed by atoms with E-state index in [0.717, 1.165) is 28.7 Å². The number of para-hydroxylation sites is 2. The van der Waals surface area contributed by atoms with Gasteiger partial charge in [-0.3, -0.25) is 0 Å². The van der Waals surface area contributed by atoms with Gasteiger partial charge in [0.1, 0.15) is 5.52 Å². The van der Waals surface area contributed by atoms with Crippen LogP contribution in [0.3, 0.4) is 0 Å². The van der Waals surface area contributed by atoms with Crippen LogP contribution in [0.4, 0.5) is 0 Å². The van der Waals surface area contributed by atoms with Gasteiger partial charge in [0.05, 0.1) is 22.7 Å². The summed E-state index contributed by atoms with van der Waals surface area (Å²) in [5, 5.41) is 11.9. The minimum Gasteiger partial charge on any atom is -0.312 e. The van der Waals surface area contributed by atoms with Gasteiger partial charge >= 0.3 is 0 Å². The monoisotopic (exact) mass is 356 g/mol. The summed E-state index contributed by atoms with van der Waals surface area (Å²) in [5.41, 5.74) is 3.93. The van der Waals surface area contributed by atoms with E-state index in [0.29, 0.717) is 24.6 Å². The van der Waals surface area contributed by atoms with Gasteiger partial charge < -0.3 is 5.32 Å². The van der Waals surface area contributed by atoms with Gasteiger partial charge in [-0.15, -0.1) is 5.10 Å². The van der Waals surface area contributed by atoms with E-state index in [1.54, 1.807) is 0 Å². The van der Waals surface area contributed by atoms with Gasteiger partial charge in [-0.05, 0) is 42.6 Å². The number of sulfone groups is 1. The molecule has 1 aliphatic rings. The van der Waals surface area contributed by atoms with E-state index in [2.05, 4.69) is 21.7 Å². The van der Waals surface area contributed by atoms with E-state index >= 15 is 0 Å². The lowest BCUT2D eigenvalue weighted by atomic mass is 10.1. The fourth-order valence-electron chi connectivity index (χ4n) is 3.36. The molecule has 1 atom stereocenters. The quantitative estimate of drug-likeness (QED) is 0.756. The number of aromatic nitrogens is 3. The second-order valence-corrected chi connectivity index (χ2v) is 8.75. The number of hydrogen-bond acceptors (Lipinski definition) is 5. The second kappa shape index (κ2) is 6.57. The number of nitrogens with zero attached hydrogens (tertiary/aromatic N) is 3. The third-order valence-corrected chi connectivity index (χ3v) is 6.48. The number of hydrogen-bond donors (Lipinski definition) is 1. The molecule has 1 fully saturated rings. The van der Waals surface area contributed by atoms with E-state index in [-0.39, 0.29) is 5.92 Å². The molecule has 3 aromatic rings. The Hall–Kier alpha value is -2.25. The molecule has 0 bridgehead atoms. The zero-order valence-electron chi connectivity index (χ0n) is 13.8. The number of fused-ring (bicyclic) bond motifs is 1. The zero-order chi connectivity index (χ0) is 17.3. The summed E-state index contributed by atoms with van der Waals surface area (Å²) >= 11 is 0. The highest BCUT2D eigenvalue weighted by Crippen LogP contribution is 2.20. The SMILES string of the molecule is O=S1(=O)CCC(CNCc2ccccc2-n2nnc3ccccc32)C1. The first-order chi connectivity index (χ1) is 12.1. The van der Waals surface area contributed by atoms with Gasteiger partial charge in [0, 0.05) is 6.54 Å². The van der Waals surface area contributed by atoms with Gasteiger partial charge in [-0.25, -0.2) is 13.1 Å². The minimum atomic E-state index is -2.82. The van der Waals surface area contributed by atoms with Crippen molar-refractivity contribution >= 4 is 20.9 Å². The van der Waals surface area contributed by atoms with E-state index in [1.807, 2.05) is 47.1 Å². The molecule has 0 aliphatic carbocycles. The van der Waals surface area contributed by atoms with Crippen molar-refractivity contribution in [3.05, 3.63) is 54.1 Å². The average Bonchev–Trinajstić information content (AvgIpc) is 3.18. The molecule has 7 heteroatoms. The fourth-order valence-corrected chi connectivity index (χ4v) is 5.22. The van der Waals surface area contributed by atoms with Crippen LogP contribution in [-0.2, 0) is 16.4 Å². The fraction of sp³-hybridized carbons (Fsp3) is 0.333. The van der Waals surface area contributed by atoms with Crippen LogP contribution >= 0.6 is 0 Å². The van der Waals surface area contributed by atoms with Gasteiger partial charge in [0.25, 0.3) is 0 Å². The van der Waals surface area contributed by atoms with Crippen molar-refractivity contribution in [1.82, 2.24) is 20.3 Å². The topological polar surface area (TPSA) is 76.9 Å². The maximum absolute atomic E-state index is 11.6. The first-order valence-electron chi connectivity index (χ1n) is 8.42. The minimum absolute atomic E-state index is 0.212. The van der Waals surface area contributed by atoms with Crippen molar-refractivity contribution in [3.8, 4) is 5.69 Å². The first-order valence-corrected chi connectivity index (χ1v) is 10.2. The zero-order valence-corrected chi connectivity index (χ0v) is 14.6. The van der Waals surface area contributed by atoms with Crippen molar-refractivity contribution in [2.45, 2.75) is 13.0 Å². The molecular weight excluding hydrogens is 336 g/mol. The van der Waals surface area contributed by atoms with E-state index in [9.17, 15) is 8.42 Å². The Kier molecular flexibility index (Phi) is 4.27. The van der Waals surface area contributed by atoms with Gasteiger partial charge in [-0.1, -0.05) is 35.5 Å². The Morgan fingerprint density at radius 1 is 1.12 bits per heavy atom. The van der Waals surface area contributed by atoms with Crippen LogP contribution in [0.1, 0.15) is 12.0 Å². The summed E-state index contributed by atoms with van der Waals surface area (Å²) < 4.78 is 25.0. The van der Waals surface area contributed by atoms with Crippen molar-refractivity contribution in [3.63, 3.8) is 0 Å². The summed E-state index contributed by atoms with van der Waals surface area (Å²) in [6.07, 6.45) is 0.755. The normalized spacial score (nSPS) is 19.4. The van der Waals surface area contributed by atoms with Crippen LogP contribution in [0, 0.1) is 5.92 Å². The molecule has 0 radical (unpaired) electrons. The van der Waals surface area contributed by atoms with Gasteiger partial charge in [0.2, 0.25) is 0 Å². The highest BCUT2D eigenvalue weighted by atomic mass is 32.2. The van der Waals surface area contributed by atoms with Crippen molar-refractivity contribution in [2.75, 3.05) is 18.1 Å². The van der Waals surface area contributed by atoms with E-state index < -0.39 is 9.84 Å². The number of nitrogens with one attached hydrogen (secondary N) is 1. The second-order valence-electron chi connectivity index (χ2n) is 6.52. The van der Waals surface area contributed by atoms with Crippen molar-refractivity contribution < 1.29 is 8.42 Å². The molecule has 1 N–H and O–H groups in total. The van der Waals surface area contributed by atoms with Crippen LogP contribution in [0.5, 0.6) is 0 Å². The van der Waals surface area contributed by atoms with Crippen LogP contribution in [0.15, 0.2) is 48.5 Å². The number of rotatable bonds is 5. The predicted octanol–water partition coefficient (Wildman–Crippen LogP) is 1.94. The molecule has 1 unspecified atom stereocenters. The van der Waals surface area contributed by atoms with Crippen LogP contribution in [-0.4, -0.2) is 41.5 Å². The molecule has 1 aliphatic heterocycles. The summed E-state index contributed by atoms with van der Waals surface area (Å²) in [7, 11) is -2.82. The van der Waals surface area contributed by atoms with Crippen LogP contribution in [0.2, 0.25) is 0 Å². The molecule has 2 heterocycles. The van der Waals surface area contributed by atoms with Gasteiger partial charge in [0.15, 0.2) is 9.84 Å². The van der Waals surface area contributed by atoms with Crippen molar-refractivity contribution in [2.24, 2.45) is 5.92 Å². The standard InChI is InChI=1S/C18H20N4O2S/c23-25(24)10-9-14(13-25)11-19-12-15-5-1-3-7-17(15)22-18-8-4-2-6-16(18)20-21-22/h1-8,14,19H,9-13H2. The smallest absolute Gasteiger partial charge is 0.150 e. The number of benzene rings is 2. The summed E-state index contributed by atoms with van der Waals surface area (Å²) in [6, 6.07) is 15.9. The van der Waals surface area contributed by atoms with Gasteiger partial charge in [-0.2, -0.15) is 0 Å². The third kappa shape index (κ3) is 3.43. The first kappa shape index (κ1) is 16.2. The molecule has 0 saturated carbocycles. The maximum Gasteiger partial charge on any atom is 0.150 e. The molecule has 1 saturated heterocycles. The predicted molar refractivity (Wildman–Crippen MR) is 97.3 cm³/mol. The van der Waals surface area contributed by atoms with Crippen LogP contribution < -0.4 is 5.32 Å². The third-order valence-electron chi connectivity index (χ3n) is 4.65. The summed E-state index contributed by atoms with van der Waals surface area (Å²) in [5.74, 6) is 0.834. The van der Waals surface area contributed by atoms with Crippen LogP contribution in [0.25, 0.3) is 16.7 Å². The lowest BCUT2D eigenvalue weighted by Crippen LogP contribution is -2.24. The average molecular weight is 356 g/mol. The molecule has 0 spiro atoms. The molecule has 0 amide bonds. The Morgan fingerprint density at radius 3 is 2.76 bits per heavy atom. The lowest BCUT2D eigenvalue weighted by molar-refractivity contribution is 0.520. The molecule has 4 rings (SSSR count). The lowest BCUT2D eigenvalue weighted by Gasteiger charge is -2.13. The molecular formula is C18H20N4O2S. The van der Waals surface area contributed by atoms with Crippen molar-refractivity contribution in [1.29, 1.82) is 0 Å². The van der Waals surface area contributed by atoms with E-state index in [1.165, 1.54) is 0 Å². The Bertz CT molecular complexity index is 997. The largest absolute Gasteiger partial charge is 0.312 e. The Labute approximate surface area is 146 Å². The molecule has 130 valence electrons. The maximum atomic E-state index is 11.6. The van der Waals surface area contributed by atoms with E-state index in [4.69, 9.17) is 0 Å². The Balaban J connectivity index is 1.52. The summed E-state index contributed by atoms with van der Waals surface area (Å²) in [6.45, 7) is 1.38. The molecule has 2 aromatic carbocycles.